The van der Waals surface area contributed by atoms with Crippen LogP contribution in [-0.2, 0) is 0 Å². The molecule has 5 nitrogen and oxygen atoms in total. The molecule has 1 amide bonds. The molecule has 3 aromatic rings. The minimum atomic E-state index is -0.321. The number of thioether (sulfide) groups is 1. The lowest BCUT2D eigenvalue weighted by atomic mass is 10.1. The molecule has 0 radical (unpaired) electrons. The molecule has 0 aliphatic carbocycles. The van der Waals surface area contributed by atoms with Gasteiger partial charge in [0.05, 0.1) is 10.6 Å². The predicted octanol–water partition coefficient (Wildman–Crippen LogP) is 4.62. The third-order valence-corrected chi connectivity index (χ3v) is 6.07. The van der Waals surface area contributed by atoms with E-state index < -0.39 is 0 Å². The number of hydrogen-bond acceptors (Lipinski definition) is 5. The van der Waals surface area contributed by atoms with E-state index in [9.17, 15) is 9.18 Å². The lowest BCUT2D eigenvalue weighted by Crippen LogP contribution is -2.49. The molecular weight excluding hydrogens is 423 g/mol. The monoisotopic (exact) mass is 442 g/mol. The second-order valence-electron chi connectivity index (χ2n) is 6.87. The molecule has 8 heteroatoms. The lowest BCUT2D eigenvalue weighted by molar-refractivity contribution is 0.0746. The van der Waals surface area contributed by atoms with E-state index in [2.05, 4.69) is 14.9 Å². The Labute approximate surface area is 183 Å². The number of carbonyl (C=O) groups is 1. The standard InChI is InChI=1S/C22H20ClFN4OS/c1-30-17-5-6-19(23)18(14-17)22(29)28-11-9-27(10-12-28)20-7-8-25-21(26-20)15-3-2-4-16(24)13-15/h2-8,13-14H,9-12H2,1H3. The molecule has 0 atom stereocenters. The van der Waals surface area contributed by atoms with Gasteiger partial charge in [-0.15, -0.1) is 11.8 Å². The molecule has 154 valence electrons. The summed E-state index contributed by atoms with van der Waals surface area (Å²) >= 11 is 7.85. The molecular formula is C22H20ClFN4OS. The Kier molecular flexibility index (Phi) is 6.20. The fraction of sp³-hybridized carbons (Fsp3) is 0.227. The molecule has 0 saturated carbocycles. The van der Waals surface area contributed by atoms with Gasteiger partial charge in [-0.3, -0.25) is 4.79 Å². The van der Waals surface area contributed by atoms with E-state index in [0.717, 1.165) is 10.7 Å². The summed E-state index contributed by atoms with van der Waals surface area (Å²) in [7, 11) is 0. The molecule has 0 N–H and O–H groups in total. The average molecular weight is 443 g/mol. The smallest absolute Gasteiger partial charge is 0.255 e. The molecule has 0 bridgehead atoms. The van der Waals surface area contributed by atoms with Gasteiger partial charge >= 0.3 is 0 Å². The Bertz CT molecular complexity index is 1070. The third kappa shape index (κ3) is 4.42. The number of hydrogen-bond donors (Lipinski definition) is 0. The van der Waals surface area contributed by atoms with Crippen LogP contribution < -0.4 is 4.90 Å². The number of amides is 1. The number of rotatable bonds is 4. The summed E-state index contributed by atoms with van der Waals surface area (Å²) in [6, 6.07) is 13.6. The highest BCUT2D eigenvalue weighted by molar-refractivity contribution is 7.98. The van der Waals surface area contributed by atoms with Crippen molar-refractivity contribution in [2.45, 2.75) is 4.90 Å². The molecule has 30 heavy (non-hydrogen) atoms. The molecule has 0 unspecified atom stereocenters. The maximum Gasteiger partial charge on any atom is 0.255 e. The first kappa shape index (κ1) is 20.6. The second kappa shape index (κ2) is 9.02. The Morgan fingerprint density at radius 3 is 2.63 bits per heavy atom. The van der Waals surface area contributed by atoms with Crippen molar-refractivity contribution in [2.75, 3.05) is 37.3 Å². The van der Waals surface area contributed by atoms with Crippen LogP contribution in [0.4, 0.5) is 10.2 Å². The number of anilines is 1. The average Bonchev–Trinajstić information content (AvgIpc) is 2.79. The Morgan fingerprint density at radius 2 is 1.90 bits per heavy atom. The molecule has 1 saturated heterocycles. The molecule has 1 fully saturated rings. The van der Waals surface area contributed by atoms with E-state index in [1.54, 1.807) is 36.2 Å². The van der Waals surface area contributed by atoms with Crippen LogP contribution in [0.2, 0.25) is 5.02 Å². The van der Waals surface area contributed by atoms with Crippen LogP contribution in [0.15, 0.2) is 59.6 Å². The van der Waals surface area contributed by atoms with Crippen LogP contribution in [-0.4, -0.2) is 53.2 Å². The first-order chi connectivity index (χ1) is 14.5. The maximum atomic E-state index is 13.5. The van der Waals surface area contributed by atoms with Crippen molar-refractivity contribution in [3.63, 3.8) is 0 Å². The zero-order chi connectivity index (χ0) is 21.1. The summed E-state index contributed by atoms with van der Waals surface area (Å²) in [5.41, 5.74) is 1.17. The highest BCUT2D eigenvalue weighted by Crippen LogP contribution is 2.25. The van der Waals surface area contributed by atoms with E-state index in [1.165, 1.54) is 12.1 Å². The highest BCUT2D eigenvalue weighted by Gasteiger charge is 2.24. The molecule has 1 aromatic heterocycles. The summed E-state index contributed by atoms with van der Waals surface area (Å²) in [5.74, 6) is 0.862. The van der Waals surface area contributed by atoms with Crippen molar-refractivity contribution in [3.8, 4) is 11.4 Å². The number of aromatic nitrogens is 2. The molecule has 4 rings (SSSR count). The Balaban J connectivity index is 1.46. The summed E-state index contributed by atoms with van der Waals surface area (Å²) in [4.78, 5) is 26.7. The van der Waals surface area contributed by atoms with Gasteiger partial charge in [0.25, 0.3) is 5.91 Å². The Hall–Kier alpha value is -2.64. The van der Waals surface area contributed by atoms with Crippen molar-refractivity contribution in [2.24, 2.45) is 0 Å². The van der Waals surface area contributed by atoms with Gasteiger partial charge in [0.2, 0.25) is 0 Å². The van der Waals surface area contributed by atoms with Crippen molar-refractivity contribution < 1.29 is 9.18 Å². The van der Waals surface area contributed by atoms with Gasteiger partial charge in [-0.1, -0.05) is 23.7 Å². The van der Waals surface area contributed by atoms with Gasteiger partial charge < -0.3 is 9.80 Å². The van der Waals surface area contributed by atoms with Crippen LogP contribution in [0.1, 0.15) is 10.4 Å². The largest absolute Gasteiger partial charge is 0.353 e. The first-order valence-corrected chi connectivity index (χ1v) is 11.1. The molecule has 2 aromatic carbocycles. The summed E-state index contributed by atoms with van der Waals surface area (Å²) in [5, 5.41) is 0.468. The van der Waals surface area contributed by atoms with Crippen molar-refractivity contribution in [3.05, 3.63) is 71.1 Å². The minimum absolute atomic E-state index is 0.0568. The lowest BCUT2D eigenvalue weighted by Gasteiger charge is -2.35. The summed E-state index contributed by atoms with van der Waals surface area (Å²) in [6.45, 7) is 2.42. The fourth-order valence-corrected chi connectivity index (χ4v) is 4.03. The highest BCUT2D eigenvalue weighted by atomic mass is 35.5. The number of carbonyl (C=O) groups excluding carboxylic acids is 1. The van der Waals surface area contributed by atoms with Crippen LogP contribution in [0.5, 0.6) is 0 Å². The van der Waals surface area contributed by atoms with Gasteiger partial charge in [0, 0.05) is 42.8 Å². The van der Waals surface area contributed by atoms with Crippen LogP contribution in [0.25, 0.3) is 11.4 Å². The molecule has 1 aliphatic heterocycles. The van der Waals surface area contributed by atoms with Crippen molar-refractivity contribution in [1.82, 2.24) is 14.9 Å². The molecule has 1 aliphatic rings. The van der Waals surface area contributed by atoms with Gasteiger partial charge in [0.15, 0.2) is 5.82 Å². The van der Waals surface area contributed by atoms with Gasteiger partial charge in [-0.25, -0.2) is 14.4 Å². The third-order valence-electron chi connectivity index (χ3n) is 5.02. The van der Waals surface area contributed by atoms with Crippen LogP contribution in [0, 0.1) is 5.82 Å². The number of nitrogens with zero attached hydrogens (tertiary/aromatic N) is 4. The first-order valence-electron chi connectivity index (χ1n) is 9.52. The van der Waals surface area contributed by atoms with Crippen LogP contribution in [0.3, 0.4) is 0 Å². The topological polar surface area (TPSA) is 49.3 Å². The normalized spacial score (nSPS) is 14.1. The Morgan fingerprint density at radius 1 is 1.10 bits per heavy atom. The quantitative estimate of drug-likeness (QED) is 0.552. The molecule has 0 spiro atoms. The summed E-state index contributed by atoms with van der Waals surface area (Å²) < 4.78 is 13.5. The van der Waals surface area contributed by atoms with E-state index in [1.807, 2.05) is 29.4 Å². The number of halogens is 2. The second-order valence-corrected chi connectivity index (χ2v) is 8.16. The van der Waals surface area contributed by atoms with Gasteiger partial charge in [0.1, 0.15) is 11.6 Å². The molecule has 2 heterocycles. The summed E-state index contributed by atoms with van der Waals surface area (Å²) in [6.07, 6.45) is 3.64. The number of benzene rings is 2. The van der Waals surface area contributed by atoms with E-state index in [0.29, 0.717) is 48.2 Å². The van der Waals surface area contributed by atoms with E-state index in [-0.39, 0.29) is 11.7 Å². The van der Waals surface area contributed by atoms with Crippen molar-refractivity contribution in [1.29, 1.82) is 0 Å². The van der Waals surface area contributed by atoms with Gasteiger partial charge in [-0.2, -0.15) is 0 Å². The minimum Gasteiger partial charge on any atom is -0.353 e. The fourth-order valence-electron chi connectivity index (χ4n) is 3.40. The van der Waals surface area contributed by atoms with Crippen molar-refractivity contribution >= 4 is 35.1 Å². The van der Waals surface area contributed by atoms with Crippen LogP contribution >= 0.6 is 23.4 Å². The van der Waals surface area contributed by atoms with Gasteiger partial charge in [-0.05, 0) is 42.7 Å². The predicted molar refractivity (Wildman–Crippen MR) is 119 cm³/mol. The maximum absolute atomic E-state index is 13.5. The SMILES string of the molecule is CSc1ccc(Cl)c(C(=O)N2CCN(c3ccnc(-c4cccc(F)c4)n3)CC2)c1. The zero-order valence-electron chi connectivity index (χ0n) is 16.4. The number of piperazine rings is 1. The zero-order valence-corrected chi connectivity index (χ0v) is 18.0. The van der Waals surface area contributed by atoms with E-state index in [4.69, 9.17) is 11.6 Å². The van der Waals surface area contributed by atoms with E-state index >= 15 is 0 Å².